The van der Waals surface area contributed by atoms with Gasteiger partial charge in [-0.1, -0.05) is 82.2 Å². The van der Waals surface area contributed by atoms with Crippen molar-refractivity contribution < 1.29 is 8.98 Å². The molecule has 0 atom stereocenters. The van der Waals surface area contributed by atoms with E-state index >= 15 is 0 Å². The fourth-order valence-corrected chi connectivity index (χ4v) is 5.74. The fraction of sp³-hybridized carbons (Fsp3) is 0.242. The molecule has 0 amide bonds. The molecule has 0 saturated carbocycles. The third-order valence-electron chi connectivity index (χ3n) is 7.73. The first kappa shape index (κ1) is 24.4. The van der Waals surface area contributed by atoms with Crippen molar-refractivity contribution in [2.45, 2.75) is 46.4 Å². The molecule has 0 fully saturated rings. The molecule has 1 aliphatic heterocycles. The summed E-state index contributed by atoms with van der Waals surface area (Å²) in [4.78, 5) is 2.34. The first-order valence-electron chi connectivity index (χ1n) is 13.6. The van der Waals surface area contributed by atoms with Crippen LogP contribution in [-0.2, 0) is 7.05 Å². The Morgan fingerprint density at radius 1 is 0.842 bits per heavy atom. The summed E-state index contributed by atoms with van der Waals surface area (Å²) in [7, 11) is 2.13. The highest BCUT2D eigenvalue weighted by atomic mass is 16.3. The molecule has 5 aromatic rings. The van der Waals surface area contributed by atoms with Gasteiger partial charge in [0.25, 0.3) is 0 Å². The quantitative estimate of drug-likeness (QED) is 0.213. The van der Waals surface area contributed by atoms with Crippen LogP contribution in [0.3, 0.4) is 0 Å². The van der Waals surface area contributed by atoms with Gasteiger partial charge in [-0.2, -0.15) is 0 Å². The second-order valence-electron chi connectivity index (χ2n) is 11.1. The van der Waals surface area contributed by atoms with Crippen LogP contribution in [-0.4, -0.2) is 11.4 Å². The Labute approximate surface area is 225 Å². The van der Waals surface area contributed by atoms with E-state index in [2.05, 4.69) is 135 Å². The zero-order chi connectivity index (χ0) is 26.6. The van der Waals surface area contributed by atoms with E-state index in [4.69, 9.17) is 4.42 Å². The molecule has 0 aliphatic carbocycles. The van der Waals surface area contributed by atoms with Gasteiger partial charge in [0, 0.05) is 10.6 Å². The van der Waals surface area contributed by atoms with E-state index in [0.29, 0.717) is 11.8 Å². The highest BCUT2D eigenvalue weighted by molar-refractivity contribution is 6.77. The smallest absolute Gasteiger partial charge is 0.367 e. The minimum Gasteiger partial charge on any atom is -0.453 e. The van der Waals surface area contributed by atoms with Crippen LogP contribution >= 0.6 is 0 Å². The molecular formula is C33H35BN3O+. The Hall–Kier alpha value is -3.99. The molecule has 0 bridgehead atoms. The number of rotatable bonds is 5. The Balaban J connectivity index is 1.58. The van der Waals surface area contributed by atoms with E-state index in [0.717, 1.165) is 16.9 Å². The maximum Gasteiger partial charge on any atom is 0.367 e. The van der Waals surface area contributed by atoms with Crippen molar-refractivity contribution in [3.8, 4) is 16.8 Å². The molecule has 3 heterocycles. The number of hydrogen-bond acceptors (Lipinski definition) is 2. The summed E-state index contributed by atoms with van der Waals surface area (Å²) < 4.78 is 10.9. The van der Waals surface area contributed by atoms with Crippen molar-refractivity contribution in [1.29, 1.82) is 0 Å². The normalized spacial score (nSPS) is 13.3. The van der Waals surface area contributed by atoms with Gasteiger partial charge >= 0.3 is 12.8 Å². The third kappa shape index (κ3) is 3.98. The molecule has 1 aliphatic rings. The molecule has 2 aromatic heterocycles. The SMILES string of the molecule is CB1C=c2c(oc3ccccc23)=CN1c1n(-c2c(C(C)C)cc(-c3ccccc3)cc2C(C)C)cc[n+]1C. The van der Waals surface area contributed by atoms with E-state index < -0.39 is 0 Å². The number of fused-ring (bicyclic) bond motifs is 3. The van der Waals surface area contributed by atoms with Crippen molar-refractivity contribution in [1.82, 2.24) is 4.57 Å². The minimum atomic E-state index is 0.164. The van der Waals surface area contributed by atoms with E-state index in [-0.39, 0.29) is 6.85 Å². The second-order valence-corrected chi connectivity index (χ2v) is 11.1. The van der Waals surface area contributed by atoms with Crippen LogP contribution < -0.4 is 20.0 Å². The molecule has 5 heteroatoms. The summed E-state index contributed by atoms with van der Waals surface area (Å²) in [6, 6.07) is 23.8. The summed E-state index contributed by atoms with van der Waals surface area (Å²) in [5.41, 5.74) is 8.35. The number of nitrogens with zero attached hydrogens (tertiary/aromatic N) is 3. The maximum absolute atomic E-state index is 6.29. The molecule has 0 radical (unpaired) electrons. The fourth-order valence-electron chi connectivity index (χ4n) is 5.74. The predicted molar refractivity (Wildman–Crippen MR) is 159 cm³/mol. The average molecular weight is 500 g/mol. The molecular weight excluding hydrogens is 465 g/mol. The van der Waals surface area contributed by atoms with E-state index in [1.807, 2.05) is 12.1 Å². The summed E-state index contributed by atoms with van der Waals surface area (Å²) in [5.74, 6) is 4.16. The number of anilines is 1. The lowest BCUT2D eigenvalue weighted by molar-refractivity contribution is -0.656. The number of aromatic nitrogens is 2. The van der Waals surface area contributed by atoms with Crippen LogP contribution in [0.1, 0.15) is 50.7 Å². The van der Waals surface area contributed by atoms with Gasteiger partial charge in [0.05, 0.1) is 19.4 Å². The van der Waals surface area contributed by atoms with Crippen molar-refractivity contribution in [2.75, 3.05) is 4.81 Å². The Morgan fingerprint density at radius 2 is 1.50 bits per heavy atom. The van der Waals surface area contributed by atoms with Gasteiger partial charge < -0.3 is 4.42 Å². The first-order valence-corrected chi connectivity index (χ1v) is 13.6. The topological polar surface area (TPSA) is 25.2 Å². The van der Waals surface area contributed by atoms with Gasteiger partial charge in [0.1, 0.15) is 17.5 Å². The monoisotopic (exact) mass is 500 g/mol. The minimum absolute atomic E-state index is 0.164. The lowest BCUT2D eigenvalue weighted by Gasteiger charge is -2.24. The van der Waals surface area contributed by atoms with Crippen LogP contribution in [0.2, 0.25) is 6.82 Å². The van der Waals surface area contributed by atoms with Gasteiger partial charge in [-0.15, -0.1) is 0 Å². The number of furan rings is 1. The van der Waals surface area contributed by atoms with E-state index in [9.17, 15) is 0 Å². The zero-order valence-corrected chi connectivity index (χ0v) is 23.1. The van der Waals surface area contributed by atoms with Crippen molar-refractivity contribution >= 4 is 35.9 Å². The zero-order valence-electron chi connectivity index (χ0n) is 23.1. The number of hydrogen-bond donors (Lipinski definition) is 0. The Morgan fingerprint density at radius 3 is 2.18 bits per heavy atom. The number of aryl methyl sites for hydroxylation is 1. The molecule has 38 heavy (non-hydrogen) atoms. The molecule has 190 valence electrons. The highest BCUT2D eigenvalue weighted by Crippen LogP contribution is 2.37. The van der Waals surface area contributed by atoms with Crippen LogP contribution in [0.4, 0.5) is 5.95 Å². The maximum atomic E-state index is 6.29. The Bertz CT molecular complexity index is 1730. The third-order valence-corrected chi connectivity index (χ3v) is 7.73. The van der Waals surface area contributed by atoms with Crippen LogP contribution in [0.25, 0.3) is 40.0 Å². The second kappa shape index (κ2) is 9.40. The summed E-state index contributed by atoms with van der Waals surface area (Å²) in [5, 5.41) is 2.36. The molecule has 0 saturated heterocycles. The predicted octanol–water partition coefficient (Wildman–Crippen LogP) is 6.16. The summed E-state index contributed by atoms with van der Waals surface area (Å²) in [6.07, 6.45) is 6.54. The van der Waals surface area contributed by atoms with Gasteiger partial charge in [-0.05, 0) is 59.1 Å². The average Bonchev–Trinajstić information content (AvgIpc) is 3.47. The molecule has 0 spiro atoms. The number of imidazole rings is 1. The van der Waals surface area contributed by atoms with Gasteiger partial charge in [-0.3, -0.25) is 4.81 Å². The molecule has 0 unspecified atom stereocenters. The molecule has 6 rings (SSSR count). The van der Waals surface area contributed by atoms with Crippen molar-refractivity contribution in [3.05, 3.63) is 101 Å². The summed E-state index contributed by atoms with van der Waals surface area (Å²) >= 11 is 0. The highest BCUT2D eigenvalue weighted by Gasteiger charge is 2.34. The van der Waals surface area contributed by atoms with Gasteiger partial charge in [0.2, 0.25) is 0 Å². The molecule has 0 N–H and O–H groups in total. The van der Waals surface area contributed by atoms with E-state index in [1.165, 1.54) is 38.5 Å². The van der Waals surface area contributed by atoms with Crippen molar-refractivity contribution in [2.24, 2.45) is 7.05 Å². The first-order chi connectivity index (χ1) is 18.3. The number of benzene rings is 3. The van der Waals surface area contributed by atoms with Crippen LogP contribution in [0, 0.1) is 0 Å². The lowest BCUT2D eigenvalue weighted by atomic mass is 9.62. The van der Waals surface area contributed by atoms with E-state index in [1.54, 1.807) is 0 Å². The summed E-state index contributed by atoms with van der Waals surface area (Å²) in [6.45, 7) is 11.6. The standard InChI is InChI=1S/C33H35BN3O/c1-22(2)27-18-25(24-12-8-7-9-13-24)19-28(23(3)4)32(27)36-17-16-35(6)33(36)37-21-31-29(20-34(37)5)26-14-10-11-15-30(26)38-31/h7-23H,1-6H3/q+1. The van der Waals surface area contributed by atoms with Crippen LogP contribution in [0.15, 0.2) is 83.5 Å². The number of para-hydroxylation sites is 1. The molecule has 3 aromatic carbocycles. The van der Waals surface area contributed by atoms with Crippen molar-refractivity contribution in [3.63, 3.8) is 0 Å². The Kier molecular flexibility index (Phi) is 6.02. The molecule has 4 nitrogen and oxygen atoms in total. The van der Waals surface area contributed by atoms with Gasteiger partial charge in [-0.25, -0.2) is 9.13 Å². The largest absolute Gasteiger partial charge is 0.453 e. The van der Waals surface area contributed by atoms with Crippen LogP contribution in [0.5, 0.6) is 0 Å². The lowest BCUT2D eigenvalue weighted by Crippen LogP contribution is -2.47. The van der Waals surface area contributed by atoms with Gasteiger partial charge in [0.15, 0.2) is 5.42 Å².